The van der Waals surface area contributed by atoms with Gasteiger partial charge in [0.25, 0.3) is 0 Å². The van der Waals surface area contributed by atoms with Crippen LogP contribution in [0.1, 0.15) is 15.9 Å². The topological polar surface area (TPSA) is 37.3 Å². The van der Waals surface area contributed by atoms with Crippen molar-refractivity contribution in [1.82, 2.24) is 0 Å². The van der Waals surface area contributed by atoms with Gasteiger partial charge in [0.1, 0.15) is 0 Å². The van der Waals surface area contributed by atoms with Crippen LogP contribution in [0.3, 0.4) is 0 Å². The Hall–Kier alpha value is -1.74. The fourth-order valence-corrected chi connectivity index (χ4v) is 2.43. The Morgan fingerprint density at radius 3 is 2.56 bits per heavy atom. The van der Waals surface area contributed by atoms with Crippen molar-refractivity contribution in [3.05, 3.63) is 53.6 Å². The summed E-state index contributed by atoms with van der Waals surface area (Å²) < 4.78 is 0. The van der Waals surface area contributed by atoms with Gasteiger partial charge in [-0.1, -0.05) is 24.3 Å². The lowest BCUT2D eigenvalue weighted by molar-refractivity contribution is 0.0696. The van der Waals surface area contributed by atoms with Crippen molar-refractivity contribution in [2.75, 3.05) is 6.26 Å². The lowest BCUT2D eigenvalue weighted by atomic mass is 9.96. The van der Waals surface area contributed by atoms with Crippen molar-refractivity contribution in [3.8, 4) is 11.1 Å². The average molecular weight is 258 g/mol. The zero-order valence-corrected chi connectivity index (χ0v) is 11.1. The average Bonchev–Trinajstić information content (AvgIpc) is 2.38. The van der Waals surface area contributed by atoms with Crippen LogP contribution in [0.5, 0.6) is 0 Å². The number of hydrogen-bond acceptors (Lipinski definition) is 2. The number of aromatic carboxylic acids is 1. The van der Waals surface area contributed by atoms with Crippen LogP contribution < -0.4 is 0 Å². The SMILES string of the molecule is CSc1cccc(-c2cccc(C(=O)O)c2C)c1. The van der Waals surface area contributed by atoms with Gasteiger partial charge in [-0.2, -0.15) is 0 Å². The second-order valence-electron chi connectivity index (χ2n) is 4.02. The van der Waals surface area contributed by atoms with E-state index in [0.717, 1.165) is 16.7 Å². The highest BCUT2D eigenvalue weighted by Crippen LogP contribution is 2.28. The molecular formula is C15H14O2S. The second kappa shape index (κ2) is 5.27. The molecule has 0 fully saturated rings. The van der Waals surface area contributed by atoms with Crippen molar-refractivity contribution in [2.45, 2.75) is 11.8 Å². The summed E-state index contributed by atoms with van der Waals surface area (Å²) >= 11 is 1.68. The van der Waals surface area contributed by atoms with Gasteiger partial charge in [0.2, 0.25) is 0 Å². The molecule has 0 amide bonds. The third-order valence-corrected chi connectivity index (χ3v) is 3.67. The van der Waals surface area contributed by atoms with Crippen LogP contribution >= 0.6 is 11.8 Å². The maximum absolute atomic E-state index is 11.1. The highest BCUT2D eigenvalue weighted by Gasteiger charge is 2.11. The van der Waals surface area contributed by atoms with Gasteiger partial charge in [-0.05, 0) is 48.1 Å². The summed E-state index contributed by atoms with van der Waals surface area (Å²) in [6, 6.07) is 13.5. The Labute approximate surface area is 111 Å². The van der Waals surface area contributed by atoms with E-state index in [-0.39, 0.29) is 0 Å². The minimum absolute atomic E-state index is 0.363. The number of hydrogen-bond donors (Lipinski definition) is 1. The van der Waals surface area contributed by atoms with Crippen molar-refractivity contribution < 1.29 is 9.90 Å². The summed E-state index contributed by atoms with van der Waals surface area (Å²) in [6.07, 6.45) is 2.03. The van der Waals surface area contributed by atoms with E-state index in [0.29, 0.717) is 5.56 Å². The number of rotatable bonds is 3. The molecule has 0 atom stereocenters. The van der Waals surface area contributed by atoms with Crippen LogP contribution in [-0.2, 0) is 0 Å². The van der Waals surface area contributed by atoms with E-state index < -0.39 is 5.97 Å². The van der Waals surface area contributed by atoms with Gasteiger partial charge in [-0.15, -0.1) is 11.8 Å². The summed E-state index contributed by atoms with van der Waals surface area (Å²) in [7, 11) is 0. The van der Waals surface area contributed by atoms with Crippen molar-refractivity contribution in [2.24, 2.45) is 0 Å². The number of benzene rings is 2. The molecule has 0 aliphatic carbocycles. The molecule has 1 N–H and O–H groups in total. The largest absolute Gasteiger partial charge is 0.478 e. The van der Waals surface area contributed by atoms with Gasteiger partial charge < -0.3 is 5.11 Å². The molecule has 2 aromatic rings. The lowest BCUT2D eigenvalue weighted by Gasteiger charge is -2.09. The molecule has 0 saturated heterocycles. The van der Waals surface area contributed by atoms with Crippen molar-refractivity contribution in [1.29, 1.82) is 0 Å². The fraction of sp³-hybridized carbons (Fsp3) is 0.133. The molecule has 0 aromatic heterocycles. The van der Waals surface area contributed by atoms with Gasteiger partial charge >= 0.3 is 5.97 Å². The lowest BCUT2D eigenvalue weighted by Crippen LogP contribution is -2.00. The van der Waals surface area contributed by atoms with Gasteiger partial charge in [-0.3, -0.25) is 0 Å². The molecule has 0 radical (unpaired) electrons. The van der Waals surface area contributed by atoms with E-state index in [1.165, 1.54) is 4.90 Å². The second-order valence-corrected chi connectivity index (χ2v) is 4.89. The first-order chi connectivity index (χ1) is 8.63. The molecule has 0 heterocycles. The molecule has 0 unspecified atom stereocenters. The Balaban J connectivity index is 2.57. The highest BCUT2D eigenvalue weighted by molar-refractivity contribution is 7.98. The zero-order chi connectivity index (χ0) is 13.1. The smallest absolute Gasteiger partial charge is 0.335 e. The molecule has 3 heteroatoms. The molecule has 0 bridgehead atoms. The summed E-state index contributed by atoms with van der Waals surface area (Å²) in [4.78, 5) is 12.3. The number of carboxylic acids is 1. The quantitative estimate of drug-likeness (QED) is 0.843. The Kier molecular flexibility index (Phi) is 3.72. The maximum Gasteiger partial charge on any atom is 0.335 e. The molecular weight excluding hydrogens is 244 g/mol. The fourth-order valence-electron chi connectivity index (χ4n) is 1.97. The van der Waals surface area contributed by atoms with Crippen LogP contribution in [0.15, 0.2) is 47.4 Å². The third-order valence-electron chi connectivity index (χ3n) is 2.94. The molecule has 0 aliphatic rings. The van der Waals surface area contributed by atoms with Crippen molar-refractivity contribution >= 4 is 17.7 Å². The molecule has 2 aromatic carbocycles. The summed E-state index contributed by atoms with van der Waals surface area (Å²) in [5, 5.41) is 9.13. The van der Waals surface area contributed by atoms with Gasteiger partial charge in [-0.25, -0.2) is 4.79 Å². The normalized spacial score (nSPS) is 10.3. The van der Waals surface area contributed by atoms with Crippen LogP contribution in [0.2, 0.25) is 0 Å². The molecule has 18 heavy (non-hydrogen) atoms. The van der Waals surface area contributed by atoms with E-state index in [4.69, 9.17) is 5.11 Å². The van der Waals surface area contributed by atoms with Gasteiger partial charge in [0.15, 0.2) is 0 Å². The molecule has 0 aliphatic heterocycles. The summed E-state index contributed by atoms with van der Waals surface area (Å²) in [5.74, 6) is -0.879. The van der Waals surface area contributed by atoms with E-state index in [1.54, 1.807) is 23.9 Å². The molecule has 92 valence electrons. The van der Waals surface area contributed by atoms with E-state index in [1.807, 2.05) is 37.4 Å². The van der Waals surface area contributed by atoms with E-state index >= 15 is 0 Å². The van der Waals surface area contributed by atoms with Gasteiger partial charge in [0.05, 0.1) is 5.56 Å². The first-order valence-electron chi connectivity index (χ1n) is 5.61. The third kappa shape index (κ3) is 2.41. The van der Waals surface area contributed by atoms with Crippen LogP contribution in [0.25, 0.3) is 11.1 Å². The zero-order valence-electron chi connectivity index (χ0n) is 10.3. The van der Waals surface area contributed by atoms with Gasteiger partial charge in [0, 0.05) is 4.90 Å². The molecule has 0 spiro atoms. The summed E-state index contributed by atoms with van der Waals surface area (Å²) in [6.45, 7) is 1.85. The van der Waals surface area contributed by atoms with Crippen LogP contribution in [0, 0.1) is 6.92 Å². The first-order valence-corrected chi connectivity index (χ1v) is 6.83. The molecule has 0 saturated carbocycles. The Morgan fingerprint density at radius 2 is 1.89 bits per heavy atom. The molecule has 2 nitrogen and oxygen atoms in total. The molecule has 2 rings (SSSR count). The highest BCUT2D eigenvalue weighted by atomic mass is 32.2. The number of carboxylic acid groups (broad SMARTS) is 1. The standard InChI is InChI=1S/C15H14O2S/c1-10-13(7-4-8-14(10)15(16)17)11-5-3-6-12(9-11)18-2/h3-9H,1-2H3,(H,16,17). The maximum atomic E-state index is 11.1. The Bertz CT molecular complexity index is 591. The van der Waals surface area contributed by atoms with Crippen LogP contribution in [0.4, 0.5) is 0 Å². The Morgan fingerprint density at radius 1 is 1.17 bits per heavy atom. The monoisotopic (exact) mass is 258 g/mol. The predicted octanol–water partition coefficient (Wildman–Crippen LogP) is 4.08. The number of carbonyl (C=O) groups is 1. The minimum atomic E-state index is -0.879. The van der Waals surface area contributed by atoms with E-state index in [9.17, 15) is 4.79 Å². The number of thioether (sulfide) groups is 1. The minimum Gasteiger partial charge on any atom is -0.478 e. The van der Waals surface area contributed by atoms with Crippen LogP contribution in [-0.4, -0.2) is 17.3 Å². The van der Waals surface area contributed by atoms with Crippen molar-refractivity contribution in [3.63, 3.8) is 0 Å². The van der Waals surface area contributed by atoms with E-state index in [2.05, 4.69) is 6.07 Å². The predicted molar refractivity (Wildman–Crippen MR) is 75.4 cm³/mol. The summed E-state index contributed by atoms with van der Waals surface area (Å²) in [5.41, 5.74) is 3.21. The first kappa shape index (κ1) is 12.7.